The molecule has 0 atom stereocenters. The minimum absolute atomic E-state index is 0.229. The predicted octanol–water partition coefficient (Wildman–Crippen LogP) is 4.98. The van der Waals surface area contributed by atoms with E-state index in [9.17, 15) is 14.4 Å². The number of carbonyl (C=O) groups excluding carboxylic acids is 2. The van der Waals surface area contributed by atoms with Crippen molar-refractivity contribution in [2.24, 2.45) is 5.10 Å². The molecular formula is C24H16BrClN4O3. The fourth-order valence-corrected chi connectivity index (χ4v) is 4.52. The summed E-state index contributed by atoms with van der Waals surface area (Å²) in [7, 11) is 0. The van der Waals surface area contributed by atoms with E-state index in [1.807, 2.05) is 19.1 Å². The average Bonchev–Trinajstić information content (AvgIpc) is 3.08. The Kier molecular flexibility index (Phi) is 5.07. The second kappa shape index (κ2) is 7.83. The molecule has 0 fully saturated rings. The lowest BCUT2D eigenvalue weighted by Gasteiger charge is -2.23. The lowest BCUT2D eigenvalue weighted by atomic mass is 9.95. The maximum Gasteiger partial charge on any atom is 0.282 e. The molecule has 1 aromatic heterocycles. The van der Waals surface area contributed by atoms with Gasteiger partial charge in [0.1, 0.15) is 0 Å². The largest absolute Gasteiger partial charge is 0.295 e. The molecule has 7 nitrogen and oxygen atoms in total. The van der Waals surface area contributed by atoms with Gasteiger partial charge < -0.3 is 0 Å². The summed E-state index contributed by atoms with van der Waals surface area (Å²) in [6, 6.07) is 13.9. The Hall–Kier alpha value is -3.49. The van der Waals surface area contributed by atoms with E-state index in [2.05, 4.69) is 26.1 Å². The molecule has 164 valence electrons. The average molecular weight is 524 g/mol. The van der Waals surface area contributed by atoms with Crippen LogP contribution in [0.3, 0.4) is 0 Å². The molecular weight excluding hydrogens is 508 g/mol. The number of hydrogen-bond donors (Lipinski definition) is 1. The number of H-pyrrole nitrogens is 1. The van der Waals surface area contributed by atoms with Crippen LogP contribution in [0.4, 0.5) is 0 Å². The summed E-state index contributed by atoms with van der Waals surface area (Å²) in [6.45, 7) is 3.58. The van der Waals surface area contributed by atoms with E-state index in [4.69, 9.17) is 11.6 Å². The standard InChI is InChI=1S/C24H16BrClN4O3/c1-12-6-7-14(10-20(12)26)29-24(33)18(13(2)28-29)11-27-30-22(31)16-5-3-4-15-19(25)9-8-17(21(15)16)23(30)32/h3-11,28H,1-2H3. The van der Waals surface area contributed by atoms with Gasteiger partial charge in [-0.3, -0.25) is 19.5 Å². The maximum absolute atomic E-state index is 13.1. The first-order chi connectivity index (χ1) is 15.8. The monoisotopic (exact) mass is 522 g/mol. The SMILES string of the molecule is Cc1ccc(-n2[nH]c(C)c(C=NN3C(=O)c4cccc5c(Br)ccc(c45)C3=O)c2=O)cc1Cl. The van der Waals surface area contributed by atoms with E-state index >= 15 is 0 Å². The van der Waals surface area contributed by atoms with E-state index < -0.39 is 11.8 Å². The van der Waals surface area contributed by atoms with Gasteiger partial charge in [0.25, 0.3) is 17.4 Å². The number of hydrazone groups is 1. The number of amides is 2. The fraction of sp³-hybridized carbons (Fsp3) is 0.0833. The number of imide groups is 1. The summed E-state index contributed by atoms with van der Waals surface area (Å²) in [5.74, 6) is -1.10. The Labute approximate surface area is 201 Å². The van der Waals surface area contributed by atoms with Crippen LogP contribution in [0.5, 0.6) is 0 Å². The van der Waals surface area contributed by atoms with Crippen LogP contribution in [0.1, 0.15) is 37.5 Å². The zero-order chi connectivity index (χ0) is 23.4. The minimum Gasteiger partial charge on any atom is -0.295 e. The van der Waals surface area contributed by atoms with Gasteiger partial charge in [-0.05, 0) is 55.1 Å². The van der Waals surface area contributed by atoms with Crippen LogP contribution in [0, 0.1) is 13.8 Å². The highest BCUT2D eigenvalue weighted by molar-refractivity contribution is 9.10. The van der Waals surface area contributed by atoms with Crippen molar-refractivity contribution in [1.29, 1.82) is 0 Å². The molecule has 9 heteroatoms. The smallest absolute Gasteiger partial charge is 0.282 e. The third kappa shape index (κ3) is 3.34. The van der Waals surface area contributed by atoms with E-state index in [0.29, 0.717) is 32.9 Å². The van der Waals surface area contributed by atoms with E-state index in [1.54, 1.807) is 43.3 Å². The Morgan fingerprint density at radius 1 is 1.00 bits per heavy atom. The number of aromatic nitrogens is 2. The molecule has 0 aliphatic carbocycles. The van der Waals surface area contributed by atoms with Crippen LogP contribution >= 0.6 is 27.5 Å². The van der Waals surface area contributed by atoms with Gasteiger partial charge in [0.2, 0.25) is 0 Å². The summed E-state index contributed by atoms with van der Waals surface area (Å²) < 4.78 is 2.13. The zero-order valence-corrected chi connectivity index (χ0v) is 19.9. The predicted molar refractivity (Wildman–Crippen MR) is 131 cm³/mol. The lowest BCUT2D eigenvalue weighted by molar-refractivity contribution is 0.0616. The molecule has 33 heavy (non-hydrogen) atoms. The molecule has 2 heterocycles. The molecule has 5 rings (SSSR count). The number of nitrogens with zero attached hydrogens (tertiary/aromatic N) is 3. The van der Waals surface area contributed by atoms with Crippen LogP contribution in [0.2, 0.25) is 5.02 Å². The molecule has 2 amide bonds. The molecule has 0 bridgehead atoms. The van der Waals surface area contributed by atoms with E-state index in [0.717, 1.165) is 20.4 Å². The van der Waals surface area contributed by atoms with Crippen LogP contribution in [0.15, 0.2) is 62.9 Å². The first kappa shape index (κ1) is 21.4. The van der Waals surface area contributed by atoms with Gasteiger partial charge >= 0.3 is 0 Å². The summed E-state index contributed by atoms with van der Waals surface area (Å²) in [4.78, 5) is 39.2. The van der Waals surface area contributed by atoms with Crippen LogP contribution in [0.25, 0.3) is 16.5 Å². The van der Waals surface area contributed by atoms with Gasteiger partial charge in [-0.1, -0.05) is 45.7 Å². The van der Waals surface area contributed by atoms with E-state index in [-0.39, 0.29) is 11.1 Å². The second-order valence-electron chi connectivity index (χ2n) is 7.71. The number of rotatable bonds is 3. The molecule has 4 aromatic rings. The maximum atomic E-state index is 13.1. The Morgan fingerprint density at radius 2 is 1.73 bits per heavy atom. The van der Waals surface area contributed by atoms with Crippen LogP contribution in [-0.4, -0.2) is 32.8 Å². The third-order valence-electron chi connectivity index (χ3n) is 5.67. The highest BCUT2D eigenvalue weighted by Gasteiger charge is 2.33. The molecule has 3 aromatic carbocycles. The normalized spacial score (nSPS) is 13.5. The van der Waals surface area contributed by atoms with Gasteiger partial charge in [0, 0.05) is 20.6 Å². The minimum atomic E-state index is -0.550. The molecule has 0 saturated heterocycles. The van der Waals surface area contributed by atoms with Crippen molar-refractivity contribution in [3.05, 3.63) is 96.3 Å². The highest BCUT2D eigenvalue weighted by atomic mass is 79.9. The molecule has 0 saturated carbocycles. The van der Waals surface area contributed by atoms with E-state index in [1.165, 1.54) is 10.9 Å². The van der Waals surface area contributed by atoms with Gasteiger partial charge in [-0.2, -0.15) is 10.1 Å². The first-order valence-corrected chi connectivity index (χ1v) is 11.2. The lowest BCUT2D eigenvalue weighted by Crippen LogP contribution is -2.36. The number of benzene rings is 3. The topological polar surface area (TPSA) is 87.5 Å². The summed E-state index contributed by atoms with van der Waals surface area (Å²) in [5, 5.41) is 9.80. The molecule has 1 N–H and O–H groups in total. The summed E-state index contributed by atoms with van der Waals surface area (Å²) >= 11 is 9.67. The van der Waals surface area contributed by atoms with Crippen molar-refractivity contribution in [2.75, 3.05) is 0 Å². The first-order valence-electron chi connectivity index (χ1n) is 10.00. The third-order valence-corrected chi connectivity index (χ3v) is 6.76. The number of aromatic amines is 1. The van der Waals surface area contributed by atoms with Crippen molar-refractivity contribution in [2.45, 2.75) is 13.8 Å². The number of halogens is 2. The molecule has 1 aliphatic rings. The van der Waals surface area contributed by atoms with Gasteiger partial charge in [-0.25, -0.2) is 4.68 Å². The van der Waals surface area contributed by atoms with Crippen molar-refractivity contribution in [3.8, 4) is 5.69 Å². The van der Waals surface area contributed by atoms with Crippen LogP contribution in [-0.2, 0) is 0 Å². The Balaban J connectivity index is 1.55. The number of hydrogen-bond acceptors (Lipinski definition) is 4. The quantitative estimate of drug-likeness (QED) is 0.303. The number of nitrogens with one attached hydrogen (secondary N) is 1. The molecule has 0 spiro atoms. The van der Waals surface area contributed by atoms with Crippen molar-refractivity contribution in [1.82, 2.24) is 14.8 Å². The number of aryl methyl sites for hydroxylation is 2. The molecule has 1 aliphatic heterocycles. The second-order valence-corrected chi connectivity index (χ2v) is 8.98. The van der Waals surface area contributed by atoms with Gasteiger partial charge in [0.15, 0.2) is 0 Å². The van der Waals surface area contributed by atoms with Gasteiger partial charge in [0.05, 0.1) is 28.6 Å². The summed E-state index contributed by atoms with van der Waals surface area (Å²) in [6.07, 6.45) is 1.24. The van der Waals surface area contributed by atoms with Crippen LogP contribution < -0.4 is 5.56 Å². The molecule has 0 unspecified atom stereocenters. The van der Waals surface area contributed by atoms with Crippen molar-refractivity contribution < 1.29 is 9.59 Å². The summed E-state index contributed by atoms with van der Waals surface area (Å²) in [5.41, 5.74) is 2.59. The molecule has 0 radical (unpaired) electrons. The number of carbonyl (C=O) groups is 2. The Bertz CT molecular complexity index is 1560. The van der Waals surface area contributed by atoms with Crippen molar-refractivity contribution >= 4 is 56.3 Å². The highest BCUT2D eigenvalue weighted by Crippen LogP contribution is 2.34. The van der Waals surface area contributed by atoms with Gasteiger partial charge in [-0.15, -0.1) is 0 Å². The fourth-order valence-electron chi connectivity index (χ4n) is 3.88. The Morgan fingerprint density at radius 3 is 2.45 bits per heavy atom. The zero-order valence-electron chi connectivity index (χ0n) is 17.5. The van der Waals surface area contributed by atoms with Crippen molar-refractivity contribution in [3.63, 3.8) is 0 Å².